The molecule has 0 bridgehead atoms. The zero-order valence-corrected chi connectivity index (χ0v) is 34.6. The molecule has 0 aromatic carbocycles. The summed E-state index contributed by atoms with van der Waals surface area (Å²) in [4.78, 5) is 0. The Morgan fingerprint density at radius 1 is 0.639 bits per heavy atom. The maximum atomic E-state index is 13.1. The van der Waals surface area contributed by atoms with Crippen molar-refractivity contribution in [3.05, 3.63) is 0 Å². The molecule has 0 radical (unpaired) electrons. The molecule has 7 nitrogen and oxygen atoms in total. The highest BCUT2D eigenvalue weighted by Crippen LogP contribution is 2.37. The zero-order chi connectivity index (χ0) is 29.0. The Labute approximate surface area is 232 Å². The lowest BCUT2D eigenvalue weighted by atomic mass is 10.9. The van der Waals surface area contributed by atoms with Crippen molar-refractivity contribution >= 4 is 67.6 Å². The van der Waals surface area contributed by atoms with Crippen molar-refractivity contribution < 1.29 is 29.8 Å². The van der Waals surface area contributed by atoms with Gasteiger partial charge in [0.1, 0.15) is 0 Å². The lowest BCUT2D eigenvalue weighted by Crippen LogP contribution is -2.64. The minimum atomic E-state index is -2.91. The molecule has 4 atom stereocenters. The lowest BCUT2D eigenvalue weighted by molar-refractivity contribution is 0.189. The van der Waals surface area contributed by atoms with Crippen LogP contribution in [-0.4, -0.2) is 81.0 Å². The fraction of sp³-hybridized carbons (Fsp3) is 1.00. The third-order valence-corrected chi connectivity index (χ3v) is 36.1. The highest BCUT2D eigenvalue weighted by atomic mass is 28.5. The zero-order valence-electron chi connectivity index (χ0n) is 26.6. The first kappa shape index (κ1) is 37.3. The summed E-state index contributed by atoms with van der Waals surface area (Å²) >= 11 is 0. The van der Waals surface area contributed by atoms with Crippen LogP contribution in [0, 0.1) is 0 Å². The van der Waals surface area contributed by atoms with Gasteiger partial charge in [0.05, 0.1) is 14.3 Å². The Balaban J connectivity index is 6.53. The van der Waals surface area contributed by atoms with Crippen LogP contribution in [0.2, 0.25) is 115 Å². The first-order valence-corrected chi connectivity index (χ1v) is 36.0. The van der Waals surface area contributed by atoms with Gasteiger partial charge in [-0.05, 0) is 95.8 Å². The van der Waals surface area contributed by atoms with Crippen LogP contribution in [0.25, 0.3) is 0 Å². The topological polar surface area (TPSA) is 72.5 Å². The van der Waals surface area contributed by atoms with Crippen LogP contribution >= 0.6 is 0 Å². The van der Waals surface area contributed by atoms with Gasteiger partial charge in [-0.15, -0.1) is 0 Å². The highest BCUT2D eigenvalue weighted by Gasteiger charge is 2.53. The van der Waals surface area contributed by atoms with E-state index in [2.05, 4.69) is 98.6 Å². The molecule has 0 aliphatic rings. The van der Waals surface area contributed by atoms with Crippen molar-refractivity contribution in [2.75, 3.05) is 13.3 Å². The lowest BCUT2D eigenvalue weighted by Gasteiger charge is -2.46. The molecule has 0 spiro atoms. The second kappa shape index (κ2) is 13.3. The molecule has 0 heterocycles. The van der Waals surface area contributed by atoms with Gasteiger partial charge in [-0.1, -0.05) is 26.6 Å². The molecule has 0 amide bonds. The van der Waals surface area contributed by atoms with Crippen molar-refractivity contribution in [2.24, 2.45) is 0 Å². The normalized spacial score (nSPS) is 19.8. The van der Waals surface area contributed by atoms with Gasteiger partial charge in [0.15, 0.2) is 16.6 Å². The molecule has 4 unspecified atom stereocenters. The van der Waals surface area contributed by atoms with Crippen molar-refractivity contribution in [1.82, 2.24) is 0 Å². The fourth-order valence-corrected chi connectivity index (χ4v) is 43.9. The average Bonchev–Trinajstić information content (AvgIpc) is 2.53. The van der Waals surface area contributed by atoms with E-state index in [1.165, 1.54) is 0 Å². The van der Waals surface area contributed by atoms with E-state index in [-0.39, 0.29) is 5.16 Å². The molecule has 0 aromatic rings. The molecule has 0 aliphatic heterocycles. The van der Waals surface area contributed by atoms with Gasteiger partial charge in [-0.25, -0.2) is 0 Å². The summed E-state index contributed by atoms with van der Waals surface area (Å²) in [6.45, 7) is 34.7. The summed E-state index contributed by atoms with van der Waals surface area (Å²) in [5.41, 5.74) is 0. The second-order valence-corrected chi connectivity index (χ2v) is 45.5. The third-order valence-electron chi connectivity index (χ3n) is 5.56. The number of methoxy groups -OCH3 is 1. The SMILES string of the molecule is CC[Si](C)(O[Si](C)(C)C)O[Si](C)(COC)O[Si](C)(CC([Si](C)=O)[Si](C)(C)C)O[Si](C)(C)O[Si](C)(C)C. The number of rotatable bonds is 17. The van der Waals surface area contributed by atoms with Crippen LogP contribution in [0.1, 0.15) is 6.92 Å². The minimum absolute atomic E-state index is 0.129. The average molecular weight is 647 g/mol. The van der Waals surface area contributed by atoms with Crippen LogP contribution in [-0.2, 0) is 29.8 Å². The second-order valence-electron chi connectivity index (χ2n) is 14.1. The molecular weight excluding hydrogens is 589 g/mol. The van der Waals surface area contributed by atoms with Crippen molar-refractivity contribution in [3.8, 4) is 0 Å². The van der Waals surface area contributed by atoms with E-state index in [0.717, 1.165) is 6.04 Å². The first-order chi connectivity index (χ1) is 15.7. The van der Waals surface area contributed by atoms with E-state index >= 15 is 0 Å². The first-order valence-electron chi connectivity index (χ1n) is 13.2. The number of ether oxygens (including phenoxy) is 1. The van der Waals surface area contributed by atoms with E-state index in [9.17, 15) is 4.46 Å². The van der Waals surface area contributed by atoms with Crippen LogP contribution < -0.4 is 0 Å². The van der Waals surface area contributed by atoms with E-state index in [0.29, 0.717) is 12.3 Å². The van der Waals surface area contributed by atoms with Gasteiger partial charge in [-0.3, -0.25) is 0 Å². The van der Waals surface area contributed by atoms with Crippen LogP contribution in [0.3, 0.4) is 0 Å². The van der Waals surface area contributed by atoms with Crippen molar-refractivity contribution in [1.29, 1.82) is 0 Å². The summed E-state index contributed by atoms with van der Waals surface area (Å²) in [5.74, 6) is 0. The summed E-state index contributed by atoms with van der Waals surface area (Å²) in [6, 6.07) is 1.53. The molecule has 0 N–H and O–H groups in total. The highest BCUT2D eigenvalue weighted by molar-refractivity contribution is 6.94. The number of hydrogen-bond acceptors (Lipinski definition) is 7. The largest absolute Gasteiger partial charge is 0.437 e. The molecule has 0 saturated carbocycles. The summed E-state index contributed by atoms with van der Waals surface area (Å²) in [7, 11) is -16.3. The molecule has 0 fully saturated rings. The molecule has 36 heavy (non-hydrogen) atoms. The van der Waals surface area contributed by atoms with Gasteiger partial charge >= 0.3 is 34.2 Å². The Morgan fingerprint density at radius 2 is 1.08 bits per heavy atom. The predicted molar refractivity (Wildman–Crippen MR) is 171 cm³/mol. The Bertz CT molecular complexity index is 723. The summed E-state index contributed by atoms with van der Waals surface area (Å²) in [5, 5.41) is 0.129. The maximum absolute atomic E-state index is 13.1. The molecule has 216 valence electrons. The van der Waals surface area contributed by atoms with Gasteiger partial charge < -0.3 is 29.8 Å². The standard InChI is InChI=1S/C21H58O7Si8/c1-18-34(15,25-32(10,11)12)27-36(17,20-23-2)28-35(16,19-21(29(3)22)30(4,5)6)26-33(13,14)24-31(7,8)9/h21H,18-20H2,1-17H3. The van der Waals surface area contributed by atoms with Crippen LogP contribution in [0.15, 0.2) is 0 Å². The Hall–Kier alpha value is 1.30. The molecule has 0 saturated heterocycles. The fourth-order valence-electron chi connectivity index (χ4n) is 4.88. The van der Waals surface area contributed by atoms with Crippen LogP contribution in [0.5, 0.6) is 0 Å². The monoisotopic (exact) mass is 646 g/mol. The molecular formula is C21H58O7Si8. The minimum Gasteiger partial charge on any atom is -0.437 e. The van der Waals surface area contributed by atoms with Crippen LogP contribution in [0.4, 0.5) is 0 Å². The maximum Gasteiger partial charge on any atom is 0.344 e. The number of hydrogen-bond donors (Lipinski definition) is 0. The smallest absolute Gasteiger partial charge is 0.344 e. The Kier molecular flexibility index (Phi) is 13.8. The molecule has 0 aromatic heterocycles. The van der Waals surface area contributed by atoms with Crippen molar-refractivity contribution in [2.45, 2.75) is 122 Å². The molecule has 0 aliphatic carbocycles. The van der Waals surface area contributed by atoms with Gasteiger partial charge in [0, 0.05) is 7.11 Å². The van der Waals surface area contributed by atoms with Crippen molar-refractivity contribution in [3.63, 3.8) is 0 Å². The van der Waals surface area contributed by atoms with E-state index < -0.39 is 67.6 Å². The van der Waals surface area contributed by atoms with E-state index in [1.54, 1.807) is 7.11 Å². The summed E-state index contributed by atoms with van der Waals surface area (Å²) in [6.07, 6.45) is 0.395. The molecule has 15 heteroatoms. The molecule has 0 rings (SSSR count). The van der Waals surface area contributed by atoms with Gasteiger partial charge in [-0.2, -0.15) is 0 Å². The van der Waals surface area contributed by atoms with Gasteiger partial charge in [0.2, 0.25) is 0 Å². The Morgan fingerprint density at radius 3 is 1.42 bits per heavy atom. The third kappa shape index (κ3) is 14.6. The quantitative estimate of drug-likeness (QED) is 0.155. The van der Waals surface area contributed by atoms with E-state index in [1.807, 2.05) is 6.55 Å². The summed E-state index contributed by atoms with van der Waals surface area (Å²) < 4.78 is 53.1. The van der Waals surface area contributed by atoms with Gasteiger partial charge in [0.25, 0.3) is 8.68 Å². The predicted octanol–water partition coefficient (Wildman–Crippen LogP) is 7.16. The van der Waals surface area contributed by atoms with E-state index in [4.69, 9.17) is 25.3 Å².